The molecule has 0 saturated heterocycles. The zero-order valence-corrected chi connectivity index (χ0v) is 22.1. The lowest BCUT2D eigenvalue weighted by molar-refractivity contribution is 0.0601. The largest absolute Gasteiger partial charge is 0.465 e. The molecule has 2 heterocycles. The second-order valence-electron chi connectivity index (χ2n) is 8.10. The van der Waals surface area contributed by atoms with E-state index in [1.807, 2.05) is 6.07 Å². The third-order valence-electron chi connectivity index (χ3n) is 5.53. The minimum absolute atomic E-state index is 0.139. The van der Waals surface area contributed by atoms with Gasteiger partial charge in [-0.2, -0.15) is 0 Å². The van der Waals surface area contributed by atoms with Gasteiger partial charge in [-0.25, -0.2) is 9.78 Å². The molecule has 0 fully saturated rings. The number of ether oxygens (including phenoxy) is 1. The first-order valence-corrected chi connectivity index (χ1v) is 12.3. The number of anilines is 1. The van der Waals surface area contributed by atoms with Crippen LogP contribution in [0.3, 0.4) is 0 Å². The van der Waals surface area contributed by atoms with E-state index in [4.69, 9.17) is 27.9 Å². The lowest BCUT2D eigenvalue weighted by Gasteiger charge is -2.12. The summed E-state index contributed by atoms with van der Waals surface area (Å²) in [6.45, 7) is 1.65. The number of hydrogen-bond acceptors (Lipinski definition) is 6. The molecule has 1 N–H and O–H groups in total. The number of amides is 2. The molecule has 2 amide bonds. The van der Waals surface area contributed by atoms with E-state index in [9.17, 15) is 14.4 Å². The Bertz CT molecular complexity index is 1530. The third kappa shape index (κ3) is 4.80. The van der Waals surface area contributed by atoms with Crippen molar-refractivity contribution in [2.24, 2.45) is 0 Å². The number of fused-ring (bicyclic) bond motifs is 1. The van der Waals surface area contributed by atoms with Gasteiger partial charge in [-0.3, -0.25) is 9.59 Å². The maximum absolute atomic E-state index is 13.6. The van der Waals surface area contributed by atoms with Crippen LogP contribution in [0.15, 0.2) is 48.5 Å². The summed E-state index contributed by atoms with van der Waals surface area (Å²) in [4.78, 5) is 45.3. The zero-order valence-electron chi connectivity index (χ0n) is 19.8. The maximum Gasteiger partial charge on any atom is 0.341 e. The molecular weight excluding hydrogens is 521 g/mol. The molecule has 36 heavy (non-hydrogen) atoms. The minimum atomic E-state index is -0.648. The number of carbonyl (C=O) groups excluding carboxylic acids is 3. The number of hydrogen-bond donors (Lipinski definition) is 1. The van der Waals surface area contributed by atoms with Crippen LogP contribution in [0.25, 0.3) is 22.2 Å². The Kier molecular flexibility index (Phi) is 7.31. The summed E-state index contributed by atoms with van der Waals surface area (Å²) in [5, 5.41) is 4.53. The first-order valence-electron chi connectivity index (χ1n) is 10.7. The van der Waals surface area contributed by atoms with Gasteiger partial charge in [0.2, 0.25) is 0 Å². The molecule has 0 atom stereocenters. The number of thiophene rings is 1. The fourth-order valence-corrected chi connectivity index (χ4v) is 5.44. The summed E-state index contributed by atoms with van der Waals surface area (Å²) in [7, 11) is 4.48. The van der Waals surface area contributed by atoms with E-state index in [0.29, 0.717) is 48.2 Å². The molecule has 0 aliphatic heterocycles. The number of carbonyl (C=O) groups is 3. The van der Waals surface area contributed by atoms with Gasteiger partial charge in [-0.05, 0) is 42.8 Å². The molecule has 4 rings (SSSR count). The van der Waals surface area contributed by atoms with Crippen LogP contribution in [0.1, 0.15) is 36.0 Å². The highest BCUT2D eigenvalue weighted by Crippen LogP contribution is 2.36. The summed E-state index contributed by atoms with van der Waals surface area (Å²) in [5.41, 5.74) is 2.59. The molecule has 0 radical (unpaired) electrons. The Morgan fingerprint density at radius 2 is 1.78 bits per heavy atom. The van der Waals surface area contributed by atoms with Crippen LogP contribution in [-0.2, 0) is 4.74 Å². The number of rotatable bonds is 5. The van der Waals surface area contributed by atoms with Crippen molar-refractivity contribution in [2.45, 2.75) is 6.92 Å². The highest BCUT2D eigenvalue weighted by atomic mass is 35.5. The molecule has 0 saturated carbocycles. The molecule has 0 unspecified atom stereocenters. The van der Waals surface area contributed by atoms with Crippen LogP contribution < -0.4 is 5.32 Å². The molecule has 0 bridgehead atoms. The Hall–Kier alpha value is -3.46. The molecule has 2 aromatic carbocycles. The fourth-order valence-electron chi connectivity index (χ4n) is 3.73. The van der Waals surface area contributed by atoms with E-state index in [-0.39, 0.29) is 16.5 Å². The summed E-state index contributed by atoms with van der Waals surface area (Å²) in [5.74, 6) is -1.41. The Morgan fingerprint density at radius 1 is 1.06 bits per heavy atom. The third-order valence-corrected chi connectivity index (χ3v) is 7.27. The topological polar surface area (TPSA) is 88.6 Å². The van der Waals surface area contributed by atoms with Gasteiger partial charge >= 0.3 is 5.97 Å². The molecule has 0 aliphatic carbocycles. The Morgan fingerprint density at radius 3 is 2.44 bits per heavy atom. The quantitative estimate of drug-likeness (QED) is 0.298. The van der Waals surface area contributed by atoms with Crippen LogP contribution >= 0.6 is 34.5 Å². The highest BCUT2D eigenvalue weighted by molar-refractivity contribution is 7.18. The number of halogens is 2. The average Bonchev–Trinajstić information content (AvgIpc) is 3.17. The number of esters is 1. The number of para-hydroxylation sites is 1. The van der Waals surface area contributed by atoms with Crippen molar-refractivity contribution >= 4 is 68.2 Å². The first-order chi connectivity index (χ1) is 17.1. The predicted molar refractivity (Wildman–Crippen MR) is 144 cm³/mol. The molecule has 0 spiro atoms. The van der Waals surface area contributed by atoms with Crippen LogP contribution in [-0.4, -0.2) is 48.9 Å². The number of nitrogens with zero attached hydrogens (tertiary/aromatic N) is 2. The fraction of sp³-hybridized carbons (Fsp3) is 0.154. The van der Waals surface area contributed by atoms with Crippen molar-refractivity contribution in [2.75, 3.05) is 26.5 Å². The second-order valence-corrected chi connectivity index (χ2v) is 9.97. The van der Waals surface area contributed by atoms with Gasteiger partial charge in [-0.15, -0.1) is 11.3 Å². The normalized spacial score (nSPS) is 10.8. The Balaban J connectivity index is 1.84. The smallest absolute Gasteiger partial charge is 0.341 e. The Labute approximate surface area is 221 Å². The standard InChI is InChI=1S/C26H21Cl2N3O4S/c1-13-21(26(34)35-4)24(36-22(13)25(33)31(2)3)30-23(32)17-12-20(16-10-9-14(27)11-18(16)28)29-19-8-6-5-7-15(17)19/h5-12H,1-4H3,(H,30,32). The van der Waals surface area contributed by atoms with E-state index < -0.39 is 11.9 Å². The number of nitrogens with one attached hydrogen (secondary N) is 1. The van der Waals surface area contributed by atoms with Gasteiger partial charge in [0.1, 0.15) is 5.00 Å². The van der Waals surface area contributed by atoms with Crippen LogP contribution in [0, 0.1) is 6.92 Å². The van der Waals surface area contributed by atoms with E-state index in [0.717, 1.165) is 11.3 Å². The summed E-state index contributed by atoms with van der Waals surface area (Å²) in [6, 6.07) is 13.9. The van der Waals surface area contributed by atoms with Crippen LogP contribution in [0.5, 0.6) is 0 Å². The lowest BCUT2D eigenvalue weighted by Crippen LogP contribution is -2.21. The summed E-state index contributed by atoms with van der Waals surface area (Å²) < 4.78 is 4.92. The van der Waals surface area contributed by atoms with Gasteiger partial charge in [0.15, 0.2) is 0 Å². The van der Waals surface area contributed by atoms with E-state index in [1.165, 1.54) is 12.0 Å². The summed E-state index contributed by atoms with van der Waals surface area (Å²) in [6.07, 6.45) is 0. The SMILES string of the molecule is COC(=O)c1c(NC(=O)c2cc(-c3ccc(Cl)cc3Cl)nc3ccccc23)sc(C(=O)N(C)C)c1C. The van der Waals surface area contributed by atoms with Gasteiger partial charge in [-0.1, -0.05) is 41.4 Å². The predicted octanol–water partition coefficient (Wildman–Crippen LogP) is 6.32. The number of benzene rings is 2. The van der Waals surface area contributed by atoms with Gasteiger partial charge in [0.25, 0.3) is 11.8 Å². The van der Waals surface area contributed by atoms with Crippen molar-refractivity contribution < 1.29 is 19.1 Å². The van der Waals surface area contributed by atoms with Crippen molar-refractivity contribution in [3.8, 4) is 11.3 Å². The van der Waals surface area contributed by atoms with Gasteiger partial charge in [0, 0.05) is 30.1 Å². The van der Waals surface area contributed by atoms with Crippen molar-refractivity contribution in [1.29, 1.82) is 0 Å². The van der Waals surface area contributed by atoms with Gasteiger partial charge in [0.05, 0.1) is 39.3 Å². The highest BCUT2D eigenvalue weighted by Gasteiger charge is 2.28. The number of pyridine rings is 1. The van der Waals surface area contributed by atoms with Crippen molar-refractivity contribution in [1.82, 2.24) is 9.88 Å². The molecule has 10 heteroatoms. The van der Waals surface area contributed by atoms with Crippen molar-refractivity contribution in [3.63, 3.8) is 0 Å². The van der Waals surface area contributed by atoms with Crippen LogP contribution in [0.4, 0.5) is 5.00 Å². The monoisotopic (exact) mass is 541 g/mol. The van der Waals surface area contributed by atoms with Gasteiger partial charge < -0.3 is 15.0 Å². The first kappa shape index (κ1) is 25.6. The molecule has 7 nitrogen and oxygen atoms in total. The minimum Gasteiger partial charge on any atom is -0.465 e. The van der Waals surface area contributed by atoms with E-state index in [1.54, 1.807) is 63.5 Å². The molecule has 0 aliphatic rings. The molecule has 4 aromatic rings. The summed E-state index contributed by atoms with van der Waals surface area (Å²) >= 11 is 13.5. The zero-order chi connectivity index (χ0) is 26.1. The second kappa shape index (κ2) is 10.3. The number of aromatic nitrogens is 1. The average molecular weight is 542 g/mol. The van der Waals surface area contributed by atoms with E-state index >= 15 is 0 Å². The molecular formula is C26H21Cl2N3O4S. The molecule has 2 aromatic heterocycles. The number of methoxy groups -OCH3 is 1. The molecule has 184 valence electrons. The van der Waals surface area contributed by atoms with Crippen molar-refractivity contribution in [3.05, 3.63) is 80.1 Å². The van der Waals surface area contributed by atoms with E-state index in [2.05, 4.69) is 10.3 Å². The maximum atomic E-state index is 13.6. The lowest BCUT2D eigenvalue weighted by atomic mass is 10.0. The van der Waals surface area contributed by atoms with Crippen LogP contribution in [0.2, 0.25) is 10.0 Å².